The Kier molecular flexibility index (Phi) is 9.96. The molecule has 0 radical (unpaired) electrons. The topological polar surface area (TPSA) is 105 Å². The van der Waals surface area contributed by atoms with Gasteiger partial charge >= 0.3 is 0 Å². The van der Waals surface area contributed by atoms with Crippen LogP contribution in [-0.2, 0) is 26.2 Å². The van der Waals surface area contributed by atoms with Crippen LogP contribution in [0, 0.1) is 0 Å². The molecule has 0 saturated heterocycles. The quantitative estimate of drug-likeness (QED) is 0.445. The van der Waals surface area contributed by atoms with E-state index in [4.69, 9.17) is 9.47 Å². The summed E-state index contributed by atoms with van der Waals surface area (Å²) in [7, 11) is -0.946. The SMILES string of the molecule is COc1ccc(N(CC(=O)N(Cc2cccc(Br)c2)[C@H](C)C(=O)NC(C)C)S(C)(=O)=O)cc1OC. The number of amides is 2. The van der Waals surface area contributed by atoms with Gasteiger partial charge < -0.3 is 19.7 Å². The van der Waals surface area contributed by atoms with Crippen molar-refractivity contribution >= 4 is 43.5 Å². The first-order valence-corrected chi connectivity index (χ1v) is 13.6. The molecule has 2 rings (SSSR count). The zero-order valence-electron chi connectivity index (χ0n) is 20.7. The van der Waals surface area contributed by atoms with E-state index in [-0.39, 0.29) is 24.2 Å². The molecule has 0 unspecified atom stereocenters. The van der Waals surface area contributed by atoms with Crippen LogP contribution >= 0.6 is 15.9 Å². The number of sulfonamides is 1. The van der Waals surface area contributed by atoms with Crippen LogP contribution in [-0.4, -0.2) is 64.2 Å². The average Bonchev–Trinajstić information content (AvgIpc) is 2.78. The third-order valence-electron chi connectivity index (χ3n) is 5.17. The smallest absolute Gasteiger partial charge is 0.244 e. The summed E-state index contributed by atoms with van der Waals surface area (Å²) in [6, 6.07) is 11.0. The Hall–Kier alpha value is -2.79. The lowest BCUT2D eigenvalue weighted by Gasteiger charge is -2.32. The van der Waals surface area contributed by atoms with Crippen molar-refractivity contribution in [2.75, 3.05) is 31.3 Å². The summed E-state index contributed by atoms with van der Waals surface area (Å²) in [5.74, 6) is -0.120. The van der Waals surface area contributed by atoms with Crippen LogP contribution in [0.15, 0.2) is 46.9 Å². The Morgan fingerprint density at radius 3 is 2.23 bits per heavy atom. The lowest BCUT2D eigenvalue weighted by atomic mass is 10.1. The summed E-state index contributed by atoms with van der Waals surface area (Å²) in [6.07, 6.45) is 1.02. The number of nitrogens with zero attached hydrogens (tertiary/aromatic N) is 2. The van der Waals surface area contributed by atoms with Crippen LogP contribution in [0.2, 0.25) is 0 Å². The maximum atomic E-state index is 13.5. The molecule has 0 aliphatic rings. The molecule has 0 aliphatic carbocycles. The highest BCUT2D eigenvalue weighted by atomic mass is 79.9. The van der Waals surface area contributed by atoms with Gasteiger partial charge in [0, 0.05) is 23.1 Å². The van der Waals surface area contributed by atoms with Gasteiger partial charge in [0.25, 0.3) is 0 Å². The number of benzene rings is 2. The third-order valence-corrected chi connectivity index (χ3v) is 6.81. The second-order valence-electron chi connectivity index (χ2n) is 8.30. The second kappa shape index (κ2) is 12.3. The van der Waals surface area contributed by atoms with Crippen molar-refractivity contribution in [1.29, 1.82) is 0 Å². The Morgan fingerprint density at radius 2 is 1.69 bits per heavy atom. The highest BCUT2D eigenvalue weighted by molar-refractivity contribution is 9.10. The van der Waals surface area contributed by atoms with E-state index in [1.165, 1.54) is 31.3 Å². The van der Waals surface area contributed by atoms with Crippen molar-refractivity contribution in [3.05, 3.63) is 52.5 Å². The Labute approximate surface area is 215 Å². The van der Waals surface area contributed by atoms with Gasteiger partial charge in [0.2, 0.25) is 21.8 Å². The van der Waals surface area contributed by atoms with Crippen molar-refractivity contribution in [3.63, 3.8) is 0 Å². The monoisotopic (exact) mass is 569 g/mol. The molecule has 0 saturated carbocycles. The van der Waals surface area contributed by atoms with Crippen molar-refractivity contribution < 1.29 is 27.5 Å². The predicted molar refractivity (Wildman–Crippen MR) is 139 cm³/mol. The Bertz CT molecular complexity index is 1160. The van der Waals surface area contributed by atoms with Crippen molar-refractivity contribution in [2.45, 2.75) is 39.4 Å². The first-order chi connectivity index (χ1) is 16.4. The molecule has 2 aromatic carbocycles. The summed E-state index contributed by atoms with van der Waals surface area (Å²) in [6.45, 7) is 4.89. The van der Waals surface area contributed by atoms with Gasteiger partial charge in [-0.1, -0.05) is 28.1 Å². The number of ether oxygens (including phenoxy) is 2. The Balaban J connectivity index is 2.44. The van der Waals surface area contributed by atoms with E-state index in [2.05, 4.69) is 21.2 Å². The fourth-order valence-electron chi connectivity index (χ4n) is 3.41. The number of nitrogens with one attached hydrogen (secondary N) is 1. The van der Waals surface area contributed by atoms with Crippen LogP contribution in [0.5, 0.6) is 11.5 Å². The van der Waals surface area contributed by atoms with Gasteiger partial charge in [0.15, 0.2) is 11.5 Å². The first-order valence-electron chi connectivity index (χ1n) is 10.9. The number of hydrogen-bond donors (Lipinski definition) is 1. The summed E-state index contributed by atoms with van der Waals surface area (Å²) < 4.78 is 37.7. The normalized spacial score (nSPS) is 12.1. The zero-order valence-corrected chi connectivity index (χ0v) is 23.1. The summed E-state index contributed by atoms with van der Waals surface area (Å²) in [4.78, 5) is 27.7. The highest BCUT2D eigenvalue weighted by Gasteiger charge is 2.30. The van der Waals surface area contributed by atoms with Crippen LogP contribution in [0.3, 0.4) is 0 Å². The molecular weight excluding hydrogens is 538 g/mol. The standard InChI is InChI=1S/C24H32BrN3O6S/c1-16(2)26-24(30)17(3)27(14-18-8-7-9-19(25)12-18)23(29)15-28(35(6,31)32)20-10-11-21(33-4)22(13-20)34-5/h7-13,16-17H,14-15H2,1-6H3,(H,26,30)/t17-/m1/s1. The highest BCUT2D eigenvalue weighted by Crippen LogP contribution is 2.32. The van der Waals surface area contributed by atoms with Crippen LogP contribution in [0.1, 0.15) is 26.3 Å². The number of anilines is 1. The number of carbonyl (C=O) groups is 2. The maximum Gasteiger partial charge on any atom is 0.244 e. The van der Waals surface area contributed by atoms with E-state index in [0.717, 1.165) is 20.6 Å². The molecule has 0 aromatic heterocycles. The minimum atomic E-state index is -3.85. The zero-order chi connectivity index (χ0) is 26.3. The van der Waals surface area contributed by atoms with E-state index in [1.54, 1.807) is 13.0 Å². The number of rotatable bonds is 11. The molecule has 0 heterocycles. The second-order valence-corrected chi connectivity index (χ2v) is 11.1. The van der Waals surface area contributed by atoms with E-state index in [9.17, 15) is 18.0 Å². The fraction of sp³-hybridized carbons (Fsp3) is 0.417. The van der Waals surface area contributed by atoms with Gasteiger partial charge in [-0.15, -0.1) is 0 Å². The van der Waals surface area contributed by atoms with Crippen LogP contribution in [0.4, 0.5) is 5.69 Å². The van der Waals surface area contributed by atoms with Gasteiger partial charge in [-0.3, -0.25) is 13.9 Å². The molecular formula is C24H32BrN3O6S. The number of methoxy groups -OCH3 is 2. The van der Waals surface area contributed by atoms with Gasteiger partial charge in [-0.25, -0.2) is 8.42 Å². The van der Waals surface area contributed by atoms with Gasteiger partial charge in [-0.2, -0.15) is 0 Å². The Morgan fingerprint density at radius 1 is 1.03 bits per heavy atom. The van der Waals surface area contributed by atoms with E-state index >= 15 is 0 Å². The van der Waals surface area contributed by atoms with Crippen molar-refractivity contribution in [2.24, 2.45) is 0 Å². The van der Waals surface area contributed by atoms with Gasteiger partial charge in [0.05, 0.1) is 26.2 Å². The maximum absolute atomic E-state index is 13.5. The fourth-order valence-corrected chi connectivity index (χ4v) is 4.70. The molecule has 0 fully saturated rings. The van der Waals surface area contributed by atoms with Gasteiger partial charge in [-0.05, 0) is 50.6 Å². The van der Waals surface area contributed by atoms with E-state index < -0.39 is 28.5 Å². The van der Waals surface area contributed by atoms with E-state index in [1.807, 2.05) is 38.1 Å². The minimum absolute atomic E-state index is 0.118. The molecule has 2 aromatic rings. The lowest BCUT2D eigenvalue weighted by Crippen LogP contribution is -2.52. The lowest BCUT2D eigenvalue weighted by molar-refractivity contribution is -0.139. The molecule has 192 valence electrons. The molecule has 0 bridgehead atoms. The van der Waals surface area contributed by atoms with Crippen LogP contribution < -0.4 is 19.1 Å². The molecule has 1 atom stereocenters. The van der Waals surface area contributed by atoms with Crippen LogP contribution in [0.25, 0.3) is 0 Å². The predicted octanol–water partition coefficient (Wildman–Crippen LogP) is 3.17. The summed E-state index contributed by atoms with van der Waals surface area (Å²) >= 11 is 3.42. The molecule has 9 nitrogen and oxygen atoms in total. The number of hydrogen-bond acceptors (Lipinski definition) is 6. The van der Waals surface area contributed by atoms with Crippen molar-refractivity contribution in [1.82, 2.24) is 10.2 Å². The molecule has 1 N–H and O–H groups in total. The molecule has 0 aliphatic heterocycles. The number of halogens is 1. The third kappa shape index (κ3) is 7.86. The average molecular weight is 571 g/mol. The van der Waals surface area contributed by atoms with Gasteiger partial charge in [0.1, 0.15) is 12.6 Å². The molecule has 0 spiro atoms. The summed E-state index contributed by atoms with van der Waals surface area (Å²) in [5.41, 5.74) is 1.02. The first kappa shape index (κ1) is 28.4. The van der Waals surface area contributed by atoms with E-state index in [0.29, 0.717) is 11.5 Å². The molecule has 2 amide bonds. The summed E-state index contributed by atoms with van der Waals surface area (Å²) in [5, 5.41) is 2.81. The molecule has 11 heteroatoms. The molecule has 35 heavy (non-hydrogen) atoms. The van der Waals surface area contributed by atoms with Crippen molar-refractivity contribution in [3.8, 4) is 11.5 Å². The minimum Gasteiger partial charge on any atom is -0.493 e. The largest absolute Gasteiger partial charge is 0.493 e. The number of carbonyl (C=O) groups excluding carboxylic acids is 2.